The van der Waals surface area contributed by atoms with Crippen LogP contribution in [0.4, 0.5) is 13.2 Å². The summed E-state index contributed by atoms with van der Waals surface area (Å²) >= 11 is 2.32. The molecule has 0 saturated carbocycles. The number of carbonyl (C=O) groups excluding carboxylic acids is 1. The molecule has 2 aliphatic rings. The van der Waals surface area contributed by atoms with Crippen LogP contribution < -0.4 is 0 Å². The van der Waals surface area contributed by atoms with Gasteiger partial charge in [-0.15, -0.1) is 0 Å². The quantitative estimate of drug-likeness (QED) is 0.487. The molecule has 2 nitrogen and oxygen atoms in total. The van der Waals surface area contributed by atoms with Crippen molar-refractivity contribution in [3.05, 3.63) is 68.3 Å². The van der Waals surface area contributed by atoms with Crippen molar-refractivity contribution in [2.24, 2.45) is 5.92 Å². The third-order valence-electron chi connectivity index (χ3n) is 6.04. The van der Waals surface area contributed by atoms with Gasteiger partial charge in [-0.05, 0) is 88.6 Å². The first-order chi connectivity index (χ1) is 13.3. The van der Waals surface area contributed by atoms with E-state index in [0.717, 1.165) is 17.7 Å². The summed E-state index contributed by atoms with van der Waals surface area (Å²) in [5.74, 6) is -1.30. The van der Waals surface area contributed by atoms with Gasteiger partial charge in [0.1, 0.15) is 0 Å². The summed E-state index contributed by atoms with van der Waals surface area (Å²) in [6, 6.07) is 15.0. The number of carbonyl (C=O) groups is 1. The third-order valence-corrected chi connectivity index (χ3v) is 6.71. The molecule has 2 aromatic carbocycles. The minimum absolute atomic E-state index is 0.168. The van der Waals surface area contributed by atoms with E-state index in [0.29, 0.717) is 12.8 Å². The molecule has 0 bridgehead atoms. The molecule has 1 saturated heterocycles. The van der Waals surface area contributed by atoms with Gasteiger partial charge in [-0.3, -0.25) is 4.79 Å². The highest BCUT2D eigenvalue weighted by Crippen LogP contribution is 2.43. The van der Waals surface area contributed by atoms with Crippen LogP contribution in [0.5, 0.6) is 0 Å². The second kappa shape index (κ2) is 7.69. The SMILES string of the molecule is O=C(N1CCC(C2c3ccccc3CCc3ccc(I)cc32)CC1)C(F)(F)F. The number of nitrogens with zero attached hydrogens (tertiary/aromatic N) is 1. The Morgan fingerprint density at radius 1 is 0.964 bits per heavy atom. The van der Waals surface area contributed by atoms with E-state index in [1.165, 1.54) is 25.8 Å². The second-order valence-electron chi connectivity index (χ2n) is 7.65. The number of hydrogen-bond acceptors (Lipinski definition) is 1. The molecule has 0 aromatic heterocycles. The lowest BCUT2D eigenvalue weighted by molar-refractivity contribution is -0.186. The maximum absolute atomic E-state index is 12.8. The monoisotopic (exact) mass is 499 g/mol. The standard InChI is InChI=1S/C22H21F3INO/c23-22(24,25)21(28)27-11-9-16(10-12-27)20-18-4-2-1-3-14(18)5-6-15-7-8-17(26)13-19(15)20/h1-4,7-8,13,16,20H,5-6,9-12H2. The summed E-state index contributed by atoms with van der Waals surface area (Å²) in [6.45, 7) is 0.335. The summed E-state index contributed by atoms with van der Waals surface area (Å²) < 4.78 is 39.5. The maximum Gasteiger partial charge on any atom is 0.471 e. The number of amides is 1. The van der Waals surface area contributed by atoms with Crippen molar-refractivity contribution in [3.63, 3.8) is 0 Å². The minimum atomic E-state index is -4.79. The Labute approximate surface area is 176 Å². The third kappa shape index (κ3) is 3.80. The average Bonchev–Trinajstić information content (AvgIpc) is 2.83. The van der Waals surface area contributed by atoms with E-state index in [1.807, 2.05) is 6.07 Å². The number of rotatable bonds is 1. The van der Waals surface area contributed by atoms with Gasteiger partial charge in [0.2, 0.25) is 0 Å². The Kier molecular flexibility index (Phi) is 5.42. The Morgan fingerprint density at radius 2 is 1.61 bits per heavy atom. The van der Waals surface area contributed by atoms with E-state index >= 15 is 0 Å². The van der Waals surface area contributed by atoms with Gasteiger partial charge >= 0.3 is 12.1 Å². The molecule has 0 radical (unpaired) electrons. The lowest BCUT2D eigenvalue weighted by Gasteiger charge is -2.37. The summed E-state index contributed by atoms with van der Waals surface area (Å²) in [5.41, 5.74) is 5.25. The fourth-order valence-electron chi connectivity index (χ4n) is 4.71. The van der Waals surface area contributed by atoms with E-state index in [2.05, 4.69) is 59.0 Å². The zero-order valence-corrected chi connectivity index (χ0v) is 17.5. The van der Waals surface area contributed by atoms with Crippen molar-refractivity contribution >= 4 is 28.5 Å². The molecule has 28 heavy (non-hydrogen) atoms. The van der Waals surface area contributed by atoms with Gasteiger partial charge in [0.05, 0.1) is 0 Å². The predicted molar refractivity (Wildman–Crippen MR) is 110 cm³/mol. The Bertz CT molecular complexity index is 888. The molecular formula is C22H21F3INO. The zero-order chi connectivity index (χ0) is 19.9. The maximum atomic E-state index is 12.8. The van der Waals surface area contributed by atoms with E-state index < -0.39 is 12.1 Å². The van der Waals surface area contributed by atoms with Crippen LogP contribution in [-0.2, 0) is 17.6 Å². The number of fused-ring (bicyclic) bond motifs is 2. The lowest BCUT2D eigenvalue weighted by Crippen LogP contribution is -2.46. The van der Waals surface area contributed by atoms with Crippen LogP contribution in [0.15, 0.2) is 42.5 Å². The molecule has 0 N–H and O–H groups in total. The Morgan fingerprint density at radius 3 is 2.29 bits per heavy atom. The van der Waals surface area contributed by atoms with Crippen molar-refractivity contribution < 1.29 is 18.0 Å². The highest BCUT2D eigenvalue weighted by Gasteiger charge is 2.44. The summed E-state index contributed by atoms with van der Waals surface area (Å²) in [4.78, 5) is 12.6. The first-order valence-corrected chi connectivity index (χ1v) is 10.6. The normalized spacial score (nSPS) is 20.3. The van der Waals surface area contributed by atoms with Crippen LogP contribution in [0, 0.1) is 9.49 Å². The number of hydrogen-bond donors (Lipinski definition) is 0. The van der Waals surface area contributed by atoms with Gasteiger partial charge in [-0.25, -0.2) is 0 Å². The predicted octanol–water partition coefficient (Wildman–Crippen LogP) is 5.32. The average molecular weight is 499 g/mol. The number of halogens is 4. The largest absolute Gasteiger partial charge is 0.471 e. The molecular weight excluding hydrogens is 478 g/mol. The molecule has 1 atom stereocenters. The number of piperidine rings is 1. The van der Waals surface area contributed by atoms with Crippen molar-refractivity contribution in [1.82, 2.24) is 4.90 Å². The van der Waals surface area contributed by atoms with Gasteiger partial charge in [0.15, 0.2) is 0 Å². The fourth-order valence-corrected chi connectivity index (χ4v) is 5.22. The molecule has 1 aliphatic carbocycles. The van der Waals surface area contributed by atoms with Crippen molar-refractivity contribution in [1.29, 1.82) is 0 Å². The smallest absolute Gasteiger partial charge is 0.335 e. The summed E-state index contributed by atoms with van der Waals surface area (Å²) in [5, 5.41) is 0. The molecule has 1 amide bonds. The highest BCUT2D eigenvalue weighted by molar-refractivity contribution is 14.1. The highest BCUT2D eigenvalue weighted by atomic mass is 127. The molecule has 0 spiro atoms. The van der Waals surface area contributed by atoms with Crippen molar-refractivity contribution in [2.45, 2.75) is 37.8 Å². The first kappa shape index (κ1) is 19.7. The molecule has 1 aliphatic heterocycles. The zero-order valence-electron chi connectivity index (χ0n) is 15.3. The van der Waals surface area contributed by atoms with Gasteiger partial charge in [0.25, 0.3) is 0 Å². The summed E-state index contributed by atoms with van der Waals surface area (Å²) in [7, 11) is 0. The molecule has 2 aromatic rings. The topological polar surface area (TPSA) is 20.3 Å². The molecule has 1 unspecified atom stereocenters. The van der Waals surface area contributed by atoms with Crippen molar-refractivity contribution in [3.8, 4) is 0 Å². The Hall–Kier alpha value is -1.57. The van der Waals surface area contributed by atoms with Crippen LogP contribution in [0.3, 0.4) is 0 Å². The molecule has 6 heteroatoms. The minimum Gasteiger partial charge on any atom is -0.335 e. The molecule has 1 fully saturated rings. The van der Waals surface area contributed by atoms with E-state index in [1.54, 1.807) is 0 Å². The number of aryl methyl sites for hydroxylation is 2. The summed E-state index contributed by atoms with van der Waals surface area (Å²) in [6.07, 6.45) is -1.65. The van der Waals surface area contributed by atoms with E-state index in [4.69, 9.17) is 0 Å². The first-order valence-electron chi connectivity index (χ1n) is 9.57. The number of benzene rings is 2. The molecule has 1 heterocycles. The van der Waals surface area contributed by atoms with Gasteiger partial charge in [-0.1, -0.05) is 30.3 Å². The van der Waals surface area contributed by atoms with Gasteiger partial charge < -0.3 is 4.90 Å². The van der Waals surface area contributed by atoms with Crippen LogP contribution in [0.25, 0.3) is 0 Å². The van der Waals surface area contributed by atoms with Crippen LogP contribution in [-0.4, -0.2) is 30.1 Å². The van der Waals surface area contributed by atoms with Gasteiger partial charge in [0, 0.05) is 22.6 Å². The van der Waals surface area contributed by atoms with E-state index in [-0.39, 0.29) is 24.9 Å². The van der Waals surface area contributed by atoms with Crippen LogP contribution in [0.1, 0.15) is 41.0 Å². The number of alkyl halides is 3. The van der Waals surface area contributed by atoms with Crippen molar-refractivity contribution in [2.75, 3.05) is 13.1 Å². The van der Waals surface area contributed by atoms with Crippen LogP contribution >= 0.6 is 22.6 Å². The molecule has 148 valence electrons. The van der Waals surface area contributed by atoms with Crippen LogP contribution in [0.2, 0.25) is 0 Å². The number of likely N-dealkylation sites (tertiary alicyclic amines) is 1. The second-order valence-corrected chi connectivity index (χ2v) is 8.89. The fraction of sp³-hybridized carbons (Fsp3) is 0.409. The van der Waals surface area contributed by atoms with Gasteiger partial charge in [-0.2, -0.15) is 13.2 Å². The molecule has 4 rings (SSSR count). The van der Waals surface area contributed by atoms with E-state index in [9.17, 15) is 18.0 Å². The Balaban J connectivity index is 1.66. The lowest BCUT2D eigenvalue weighted by atomic mass is 9.74.